The Hall–Kier alpha value is -2.22. The van der Waals surface area contributed by atoms with E-state index in [-0.39, 0.29) is 0 Å². The van der Waals surface area contributed by atoms with Crippen LogP contribution in [0.15, 0.2) is 24.3 Å². The maximum atomic E-state index is 6.02. The van der Waals surface area contributed by atoms with E-state index in [0.717, 1.165) is 81.1 Å². The quantitative estimate of drug-likeness (QED) is 0.633. The fourth-order valence-corrected chi connectivity index (χ4v) is 6.40. The van der Waals surface area contributed by atoms with Gasteiger partial charge in [-0.2, -0.15) is 0 Å². The van der Waals surface area contributed by atoms with Crippen molar-refractivity contribution in [3.05, 3.63) is 46.1 Å². The number of morpholine rings is 1. The van der Waals surface area contributed by atoms with E-state index in [2.05, 4.69) is 28.4 Å². The summed E-state index contributed by atoms with van der Waals surface area (Å²) in [5.41, 5.74) is 2.79. The van der Waals surface area contributed by atoms with Crippen molar-refractivity contribution in [3.63, 3.8) is 0 Å². The third kappa shape index (κ3) is 4.09. The molecule has 0 saturated carbocycles. The molecule has 6 rings (SSSR count). The predicted octanol–water partition coefficient (Wildman–Crippen LogP) is 4.07. The van der Waals surface area contributed by atoms with E-state index < -0.39 is 0 Å². The van der Waals surface area contributed by atoms with Crippen molar-refractivity contribution >= 4 is 27.4 Å². The Morgan fingerprint density at radius 3 is 2.91 bits per heavy atom. The van der Waals surface area contributed by atoms with Gasteiger partial charge in [0.1, 0.15) is 22.2 Å². The van der Waals surface area contributed by atoms with Gasteiger partial charge in [0.15, 0.2) is 0 Å². The second-order valence-electron chi connectivity index (χ2n) is 9.14. The monoisotopic (exact) mass is 450 g/mol. The van der Waals surface area contributed by atoms with E-state index in [1.807, 2.05) is 17.4 Å². The van der Waals surface area contributed by atoms with Gasteiger partial charge in [0.2, 0.25) is 0 Å². The lowest BCUT2D eigenvalue weighted by Crippen LogP contribution is -2.36. The number of benzene rings is 1. The summed E-state index contributed by atoms with van der Waals surface area (Å²) in [6.45, 7) is 5.89. The van der Waals surface area contributed by atoms with E-state index in [0.29, 0.717) is 5.92 Å². The first-order valence-electron chi connectivity index (χ1n) is 11.9. The smallest absolute Gasteiger partial charge is 0.146 e. The van der Waals surface area contributed by atoms with E-state index in [4.69, 9.17) is 19.4 Å². The van der Waals surface area contributed by atoms with Crippen LogP contribution in [0, 0.1) is 5.92 Å². The topological polar surface area (TPSA) is 59.5 Å². The van der Waals surface area contributed by atoms with Crippen molar-refractivity contribution in [2.75, 3.05) is 44.8 Å². The molecule has 1 aliphatic carbocycles. The summed E-state index contributed by atoms with van der Waals surface area (Å²) in [6.07, 6.45) is 5.92. The van der Waals surface area contributed by atoms with Gasteiger partial charge in [-0.05, 0) is 49.3 Å². The van der Waals surface area contributed by atoms with Crippen LogP contribution in [-0.2, 0) is 30.5 Å². The number of nitrogens with one attached hydrogen (secondary N) is 1. The van der Waals surface area contributed by atoms with Crippen molar-refractivity contribution in [3.8, 4) is 5.75 Å². The molecule has 1 N–H and O–H groups in total. The number of thiophene rings is 1. The molecule has 0 spiro atoms. The van der Waals surface area contributed by atoms with Crippen molar-refractivity contribution in [1.82, 2.24) is 14.9 Å². The second-order valence-corrected chi connectivity index (χ2v) is 10.2. The molecule has 1 atom stereocenters. The number of hydrogen-bond acceptors (Lipinski definition) is 7. The number of aromatic nitrogens is 2. The Morgan fingerprint density at radius 2 is 1.97 bits per heavy atom. The Bertz CT molecular complexity index is 1110. The van der Waals surface area contributed by atoms with Gasteiger partial charge in [0.05, 0.1) is 31.8 Å². The number of aryl methyl sites for hydroxylation is 2. The number of nitrogens with zero attached hydrogens (tertiary/aromatic N) is 3. The third-order valence-electron chi connectivity index (χ3n) is 6.84. The van der Waals surface area contributed by atoms with Crippen LogP contribution in [0.4, 0.5) is 5.82 Å². The van der Waals surface area contributed by atoms with Gasteiger partial charge in [-0.15, -0.1) is 11.3 Å². The van der Waals surface area contributed by atoms with Crippen LogP contribution in [0.2, 0.25) is 0 Å². The molecule has 0 amide bonds. The maximum absolute atomic E-state index is 6.02. The number of fused-ring (bicyclic) bond motifs is 4. The largest absolute Gasteiger partial charge is 0.493 e. The minimum absolute atomic E-state index is 0.437. The van der Waals surface area contributed by atoms with Crippen LogP contribution >= 0.6 is 11.3 Å². The molecule has 3 aliphatic rings. The fraction of sp³-hybridized carbons (Fsp3) is 0.520. The molecule has 0 bridgehead atoms. The van der Waals surface area contributed by atoms with Crippen LogP contribution in [0.5, 0.6) is 5.75 Å². The lowest BCUT2D eigenvalue weighted by atomic mass is 9.96. The zero-order valence-electron chi connectivity index (χ0n) is 18.4. The number of rotatable bonds is 5. The summed E-state index contributed by atoms with van der Waals surface area (Å²) in [7, 11) is 0. The van der Waals surface area contributed by atoms with Crippen LogP contribution in [0.25, 0.3) is 10.2 Å². The maximum Gasteiger partial charge on any atom is 0.146 e. The normalized spacial score (nSPS) is 21.1. The molecular weight excluding hydrogens is 420 g/mol. The molecule has 7 heteroatoms. The second kappa shape index (κ2) is 8.96. The summed E-state index contributed by atoms with van der Waals surface area (Å²) < 4.78 is 11.5. The SMILES string of the molecule is c1ccc2c(c1)CC(CNc1nc(CN3CCOCC3)nc3sc4c(c13)CCCC4)CO2. The number of anilines is 1. The van der Waals surface area contributed by atoms with E-state index >= 15 is 0 Å². The predicted molar refractivity (Wildman–Crippen MR) is 128 cm³/mol. The minimum atomic E-state index is 0.437. The van der Waals surface area contributed by atoms with Gasteiger partial charge >= 0.3 is 0 Å². The molecule has 6 nitrogen and oxygen atoms in total. The number of ether oxygens (including phenoxy) is 2. The van der Waals surface area contributed by atoms with Crippen molar-refractivity contribution in [2.24, 2.45) is 5.92 Å². The van der Waals surface area contributed by atoms with Crippen LogP contribution < -0.4 is 10.1 Å². The standard InChI is InChI=1S/C25H30N4O2S/c1-3-7-20-18(5-1)13-17(16-31-20)14-26-24-23-19-6-2-4-8-21(19)32-25(23)28-22(27-24)15-29-9-11-30-12-10-29/h1,3,5,7,17H,2,4,6,8-16H2,(H,26,27,28). The van der Waals surface area contributed by atoms with Gasteiger partial charge in [-0.25, -0.2) is 9.97 Å². The van der Waals surface area contributed by atoms with Gasteiger partial charge in [-0.3, -0.25) is 4.90 Å². The highest BCUT2D eigenvalue weighted by atomic mass is 32.1. The molecule has 2 aliphatic heterocycles. The molecule has 2 aromatic heterocycles. The molecule has 1 saturated heterocycles. The molecule has 4 heterocycles. The average Bonchev–Trinajstić information content (AvgIpc) is 3.21. The average molecular weight is 451 g/mol. The first-order valence-corrected chi connectivity index (χ1v) is 12.7. The molecule has 168 valence electrons. The highest BCUT2D eigenvalue weighted by Crippen LogP contribution is 2.39. The summed E-state index contributed by atoms with van der Waals surface area (Å²) >= 11 is 1.88. The molecule has 1 fully saturated rings. The Morgan fingerprint density at radius 1 is 1.09 bits per heavy atom. The number of para-hydroxylation sites is 1. The van der Waals surface area contributed by atoms with Crippen LogP contribution in [-0.4, -0.2) is 54.3 Å². The lowest BCUT2D eigenvalue weighted by molar-refractivity contribution is 0.0331. The molecule has 32 heavy (non-hydrogen) atoms. The van der Waals surface area contributed by atoms with E-state index in [9.17, 15) is 0 Å². The summed E-state index contributed by atoms with van der Waals surface area (Å²) in [5, 5.41) is 5.01. The summed E-state index contributed by atoms with van der Waals surface area (Å²) in [4.78, 5) is 15.2. The van der Waals surface area contributed by atoms with E-state index in [1.165, 1.54) is 40.7 Å². The van der Waals surface area contributed by atoms with Gasteiger partial charge in [0.25, 0.3) is 0 Å². The van der Waals surface area contributed by atoms with E-state index in [1.54, 1.807) is 0 Å². The molecule has 1 unspecified atom stereocenters. The van der Waals surface area contributed by atoms with Gasteiger partial charge in [0, 0.05) is 30.4 Å². The molecule has 3 aromatic rings. The lowest BCUT2D eigenvalue weighted by Gasteiger charge is -2.27. The first-order chi connectivity index (χ1) is 15.8. The Balaban J connectivity index is 1.27. The zero-order chi connectivity index (χ0) is 21.3. The van der Waals surface area contributed by atoms with Crippen molar-refractivity contribution in [2.45, 2.75) is 38.6 Å². The van der Waals surface area contributed by atoms with Gasteiger partial charge < -0.3 is 14.8 Å². The Kier molecular flexibility index (Phi) is 5.71. The highest BCUT2D eigenvalue weighted by molar-refractivity contribution is 7.19. The highest BCUT2D eigenvalue weighted by Gasteiger charge is 2.24. The molecular formula is C25H30N4O2S. The number of hydrogen-bond donors (Lipinski definition) is 1. The molecule has 1 aromatic carbocycles. The fourth-order valence-electron chi connectivity index (χ4n) is 5.12. The van der Waals surface area contributed by atoms with Gasteiger partial charge in [-0.1, -0.05) is 18.2 Å². The van der Waals surface area contributed by atoms with Crippen LogP contribution in [0.1, 0.15) is 34.7 Å². The minimum Gasteiger partial charge on any atom is -0.493 e. The Labute approximate surface area is 193 Å². The third-order valence-corrected chi connectivity index (χ3v) is 8.03. The molecule has 0 radical (unpaired) electrons. The van der Waals surface area contributed by atoms with Crippen LogP contribution in [0.3, 0.4) is 0 Å². The summed E-state index contributed by atoms with van der Waals surface area (Å²) in [5.74, 6) is 3.42. The van der Waals surface area contributed by atoms with Crippen molar-refractivity contribution < 1.29 is 9.47 Å². The summed E-state index contributed by atoms with van der Waals surface area (Å²) in [6, 6.07) is 8.40. The first kappa shape index (κ1) is 20.4. The van der Waals surface area contributed by atoms with Crippen molar-refractivity contribution in [1.29, 1.82) is 0 Å². The zero-order valence-corrected chi connectivity index (χ0v) is 19.3.